The van der Waals surface area contributed by atoms with Crippen LogP contribution in [-0.2, 0) is 19.5 Å². The Morgan fingerprint density at radius 2 is 2.00 bits per heavy atom. The van der Waals surface area contributed by atoms with E-state index in [2.05, 4.69) is 15.6 Å². The zero-order valence-electron chi connectivity index (χ0n) is 16.9. The fraction of sp³-hybridized carbons (Fsp3) is 0.381. The highest BCUT2D eigenvalue weighted by Crippen LogP contribution is 2.35. The molecule has 0 fully saturated rings. The van der Waals surface area contributed by atoms with Crippen LogP contribution in [0.4, 0.5) is 5.69 Å². The van der Waals surface area contributed by atoms with Crippen molar-refractivity contribution in [1.29, 1.82) is 0 Å². The zero-order chi connectivity index (χ0) is 20.8. The molecule has 2 aromatic carbocycles. The first-order chi connectivity index (χ1) is 14.0. The Hall–Kier alpha value is -3.29. The first-order valence-electron chi connectivity index (χ1n) is 9.63. The summed E-state index contributed by atoms with van der Waals surface area (Å²) in [5, 5.41) is 17.5. The second-order valence-corrected chi connectivity index (χ2v) is 6.80. The van der Waals surface area contributed by atoms with Crippen molar-refractivity contribution >= 4 is 11.6 Å². The summed E-state index contributed by atoms with van der Waals surface area (Å²) in [6, 6.07) is 10.7. The summed E-state index contributed by atoms with van der Waals surface area (Å²) in [7, 11) is 1.66. The predicted molar refractivity (Wildman–Crippen MR) is 112 cm³/mol. The van der Waals surface area contributed by atoms with Gasteiger partial charge in [0, 0.05) is 49.3 Å². The minimum absolute atomic E-state index is 0.0824. The number of ether oxygens (including phenoxy) is 2. The van der Waals surface area contributed by atoms with E-state index in [1.165, 1.54) is 6.07 Å². The molecule has 1 heterocycles. The van der Waals surface area contributed by atoms with Crippen LogP contribution >= 0.6 is 0 Å². The monoisotopic (exact) mass is 398 g/mol. The number of nitro groups is 1. The number of benzene rings is 2. The summed E-state index contributed by atoms with van der Waals surface area (Å²) in [4.78, 5) is 15.0. The van der Waals surface area contributed by atoms with Crippen molar-refractivity contribution in [1.82, 2.24) is 10.6 Å². The van der Waals surface area contributed by atoms with Gasteiger partial charge in [0.05, 0.1) is 11.5 Å². The number of nitrogens with zero attached hydrogens (tertiary/aromatic N) is 2. The van der Waals surface area contributed by atoms with Gasteiger partial charge in [-0.25, -0.2) is 0 Å². The number of nitrogens with one attached hydrogen (secondary N) is 2. The van der Waals surface area contributed by atoms with Crippen LogP contribution in [0.3, 0.4) is 0 Å². The Labute approximate surface area is 170 Å². The largest absolute Gasteiger partial charge is 0.494 e. The van der Waals surface area contributed by atoms with Crippen LogP contribution in [0.2, 0.25) is 0 Å². The van der Waals surface area contributed by atoms with Crippen LogP contribution in [0, 0.1) is 10.1 Å². The lowest BCUT2D eigenvalue weighted by Gasteiger charge is -2.16. The van der Waals surface area contributed by atoms with E-state index in [-0.39, 0.29) is 16.7 Å². The maximum Gasteiger partial charge on any atom is 0.274 e. The van der Waals surface area contributed by atoms with E-state index < -0.39 is 0 Å². The molecular weight excluding hydrogens is 372 g/mol. The van der Waals surface area contributed by atoms with Crippen LogP contribution in [0.15, 0.2) is 41.4 Å². The van der Waals surface area contributed by atoms with Gasteiger partial charge in [0.15, 0.2) is 5.96 Å². The lowest BCUT2D eigenvalue weighted by atomic mass is 10.1. The van der Waals surface area contributed by atoms with E-state index in [9.17, 15) is 10.1 Å². The smallest absolute Gasteiger partial charge is 0.274 e. The number of hydrogen-bond acceptors (Lipinski definition) is 5. The number of nitro benzene ring substituents is 1. The second kappa shape index (κ2) is 9.27. The zero-order valence-corrected chi connectivity index (χ0v) is 16.9. The summed E-state index contributed by atoms with van der Waals surface area (Å²) < 4.78 is 11.7. The minimum atomic E-state index is -0.382. The van der Waals surface area contributed by atoms with Gasteiger partial charge in [-0.3, -0.25) is 15.1 Å². The van der Waals surface area contributed by atoms with Gasteiger partial charge in [-0.05, 0) is 26.0 Å². The summed E-state index contributed by atoms with van der Waals surface area (Å²) in [6.07, 6.45) is 1.04. The van der Waals surface area contributed by atoms with Crippen molar-refractivity contribution in [2.45, 2.75) is 39.5 Å². The molecule has 0 aromatic heterocycles. The third-order valence-electron chi connectivity index (χ3n) is 4.68. The Balaban J connectivity index is 1.67. The quantitative estimate of drug-likeness (QED) is 0.322. The molecule has 29 heavy (non-hydrogen) atoms. The highest BCUT2D eigenvalue weighted by Gasteiger charge is 2.22. The molecule has 0 radical (unpaired) electrons. The molecule has 1 aliphatic heterocycles. The van der Waals surface area contributed by atoms with Crippen molar-refractivity contribution in [3.63, 3.8) is 0 Å². The van der Waals surface area contributed by atoms with Gasteiger partial charge >= 0.3 is 0 Å². The molecular formula is C21H26N4O4. The van der Waals surface area contributed by atoms with Crippen molar-refractivity contribution < 1.29 is 14.4 Å². The fourth-order valence-corrected chi connectivity index (χ4v) is 3.33. The normalized spacial score (nSPS) is 15.4. The Bertz CT molecular complexity index is 914. The van der Waals surface area contributed by atoms with E-state index in [4.69, 9.17) is 9.47 Å². The molecule has 0 saturated carbocycles. The highest BCUT2D eigenvalue weighted by atomic mass is 16.6. The third kappa shape index (κ3) is 4.96. The van der Waals surface area contributed by atoms with Crippen LogP contribution in [-0.4, -0.2) is 30.6 Å². The lowest BCUT2D eigenvalue weighted by molar-refractivity contribution is -0.385. The molecule has 0 saturated heterocycles. The van der Waals surface area contributed by atoms with Crippen molar-refractivity contribution in [3.05, 3.63) is 63.2 Å². The SMILES string of the molecule is CCOc1cc2c(cc1CNC(=NC)NCc1ccccc1[N+](=O)[O-])OC(C)C2. The molecule has 1 atom stereocenters. The van der Waals surface area contributed by atoms with Gasteiger partial charge in [-0.2, -0.15) is 0 Å². The minimum Gasteiger partial charge on any atom is -0.494 e. The number of hydrogen-bond donors (Lipinski definition) is 2. The highest BCUT2D eigenvalue weighted by molar-refractivity contribution is 5.79. The topological polar surface area (TPSA) is 98.0 Å². The second-order valence-electron chi connectivity index (χ2n) is 6.80. The van der Waals surface area contributed by atoms with E-state index >= 15 is 0 Å². The van der Waals surface area contributed by atoms with E-state index in [1.807, 2.05) is 26.0 Å². The molecule has 8 heteroatoms. The third-order valence-corrected chi connectivity index (χ3v) is 4.68. The molecule has 0 aliphatic carbocycles. The molecule has 0 amide bonds. The van der Waals surface area contributed by atoms with Crippen molar-refractivity contribution in [3.8, 4) is 11.5 Å². The predicted octanol–water partition coefficient (Wildman–Crippen LogP) is 3.18. The van der Waals surface area contributed by atoms with Gasteiger partial charge in [-0.1, -0.05) is 18.2 Å². The van der Waals surface area contributed by atoms with Crippen LogP contribution in [0.25, 0.3) is 0 Å². The number of rotatable bonds is 7. The average molecular weight is 398 g/mol. The van der Waals surface area contributed by atoms with Crippen LogP contribution < -0.4 is 20.1 Å². The molecule has 0 spiro atoms. The molecule has 1 aliphatic rings. The Morgan fingerprint density at radius 1 is 1.28 bits per heavy atom. The fourth-order valence-electron chi connectivity index (χ4n) is 3.33. The standard InChI is InChI=1S/C21H26N4O4/c1-4-28-19-10-16-9-14(2)29-20(16)11-17(19)13-24-21(22-3)23-12-15-7-5-6-8-18(15)25(26)27/h5-8,10-11,14H,4,9,12-13H2,1-3H3,(H2,22,23,24). The molecule has 154 valence electrons. The summed E-state index contributed by atoms with van der Waals surface area (Å²) in [6.45, 7) is 5.35. The number of fused-ring (bicyclic) bond motifs is 1. The molecule has 1 unspecified atom stereocenters. The van der Waals surface area contributed by atoms with E-state index in [0.29, 0.717) is 31.2 Å². The van der Waals surface area contributed by atoms with Gasteiger partial charge in [0.25, 0.3) is 5.69 Å². The molecule has 0 bridgehead atoms. The maximum atomic E-state index is 11.2. The van der Waals surface area contributed by atoms with Gasteiger partial charge in [-0.15, -0.1) is 0 Å². The summed E-state index contributed by atoms with van der Waals surface area (Å²) >= 11 is 0. The van der Waals surface area contributed by atoms with E-state index in [0.717, 1.165) is 29.0 Å². The average Bonchev–Trinajstić information content (AvgIpc) is 3.07. The van der Waals surface area contributed by atoms with Gasteiger partial charge in [0.1, 0.15) is 17.6 Å². The van der Waals surface area contributed by atoms with Gasteiger partial charge in [0.2, 0.25) is 0 Å². The number of aliphatic imine (C=N–C) groups is 1. The van der Waals surface area contributed by atoms with E-state index in [1.54, 1.807) is 25.2 Å². The number of guanidine groups is 1. The van der Waals surface area contributed by atoms with Crippen molar-refractivity contribution in [2.75, 3.05) is 13.7 Å². The van der Waals surface area contributed by atoms with Crippen LogP contribution in [0.1, 0.15) is 30.5 Å². The maximum absolute atomic E-state index is 11.2. The molecule has 2 N–H and O–H groups in total. The van der Waals surface area contributed by atoms with Crippen LogP contribution in [0.5, 0.6) is 11.5 Å². The number of para-hydroxylation sites is 1. The molecule has 3 rings (SSSR count). The van der Waals surface area contributed by atoms with Gasteiger partial charge < -0.3 is 20.1 Å². The first-order valence-corrected chi connectivity index (χ1v) is 9.63. The Morgan fingerprint density at radius 3 is 2.69 bits per heavy atom. The lowest BCUT2D eigenvalue weighted by Crippen LogP contribution is -2.36. The summed E-state index contributed by atoms with van der Waals surface area (Å²) in [5.74, 6) is 2.26. The first kappa shape index (κ1) is 20.4. The van der Waals surface area contributed by atoms with Crippen molar-refractivity contribution in [2.24, 2.45) is 4.99 Å². The molecule has 8 nitrogen and oxygen atoms in total. The molecule has 2 aromatic rings. The Kier molecular flexibility index (Phi) is 6.54. The summed E-state index contributed by atoms with van der Waals surface area (Å²) in [5.41, 5.74) is 2.80.